The minimum Gasteiger partial charge on any atom is -0.356 e. The van der Waals surface area contributed by atoms with Crippen LogP contribution in [0, 0.1) is 5.82 Å². The highest BCUT2D eigenvalue weighted by Crippen LogP contribution is 2.35. The second kappa shape index (κ2) is 8.05. The number of rotatable bonds is 2. The van der Waals surface area contributed by atoms with E-state index in [4.69, 9.17) is 0 Å². The molecule has 2 aromatic carbocycles. The highest BCUT2D eigenvalue weighted by Gasteiger charge is 2.38. The van der Waals surface area contributed by atoms with Crippen molar-refractivity contribution in [2.75, 3.05) is 13.1 Å². The number of benzene rings is 2. The molecule has 1 aliphatic heterocycles. The molecule has 0 saturated carbocycles. The molecule has 0 radical (unpaired) electrons. The number of likely N-dealkylation sites (tertiary alicyclic amines) is 1. The Hall–Kier alpha value is -2.37. The molecule has 0 amide bonds. The van der Waals surface area contributed by atoms with Gasteiger partial charge in [-0.05, 0) is 37.1 Å². The summed E-state index contributed by atoms with van der Waals surface area (Å²) >= 11 is 1.60. The number of piperidine rings is 1. The number of fused-ring (bicyclic) bond motifs is 1. The van der Waals surface area contributed by atoms with E-state index in [0.29, 0.717) is 25.9 Å². The van der Waals surface area contributed by atoms with Crippen molar-refractivity contribution in [3.05, 3.63) is 69.9 Å². The number of imidazole rings is 1. The summed E-state index contributed by atoms with van der Waals surface area (Å²) in [6, 6.07) is 10.2. The van der Waals surface area contributed by atoms with Gasteiger partial charge in [0, 0.05) is 19.1 Å². The van der Waals surface area contributed by atoms with Crippen LogP contribution in [0.3, 0.4) is 0 Å². The lowest BCUT2D eigenvalue weighted by Gasteiger charge is -2.35. The molecule has 10 heteroatoms. The Morgan fingerprint density at radius 1 is 1.10 bits per heavy atom. The fourth-order valence-corrected chi connectivity index (χ4v) is 4.56. The first-order valence-electron chi connectivity index (χ1n) is 9.30. The lowest BCUT2D eigenvalue weighted by atomic mass is 10.0. The van der Waals surface area contributed by atoms with Crippen LogP contribution in [0.25, 0.3) is 11.0 Å². The third-order valence-corrected chi connectivity index (χ3v) is 5.83. The van der Waals surface area contributed by atoms with E-state index in [1.54, 1.807) is 32.3 Å². The van der Waals surface area contributed by atoms with E-state index in [1.165, 1.54) is 0 Å². The zero-order chi connectivity index (χ0) is 21.5. The molecule has 1 aromatic heterocycles. The minimum absolute atomic E-state index is 0.0363. The van der Waals surface area contributed by atoms with Crippen LogP contribution < -0.4 is 5.69 Å². The number of H-pyrrole nitrogens is 1. The fraction of sp³-hybridized carbons (Fsp3) is 0.300. The number of alkyl halides is 3. The largest absolute Gasteiger partial charge is 0.417 e. The first kappa shape index (κ1) is 20.9. The number of aromatic amines is 1. The van der Waals surface area contributed by atoms with Gasteiger partial charge in [-0.25, -0.2) is 9.18 Å². The minimum atomic E-state index is -4.69. The first-order valence-corrected chi connectivity index (χ1v) is 10.3. The van der Waals surface area contributed by atoms with Crippen molar-refractivity contribution in [2.24, 2.45) is 3.21 Å². The summed E-state index contributed by atoms with van der Waals surface area (Å²) in [5.41, 5.74) is -0.279. The SMILES string of the molecule is O=c1[nH]c2ccccc2n1C1CCN(/C(=N/I)c2c(F)cccc2C(F)(F)F)CC1. The molecule has 1 saturated heterocycles. The Kier molecular flexibility index (Phi) is 5.60. The summed E-state index contributed by atoms with van der Waals surface area (Å²) in [4.78, 5) is 16.9. The topological polar surface area (TPSA) is 53.4 Å². The van der Waals surface area contributed by atoms with E-state index < -0.39 is 23.1 Å². The van der Waals surface area contributed by atoms with Crippen LogP contribution >= 0.6 is 22.9 Å². The monoisotopic (exact) mass is 532 g/mol. The van der Waals surface area contributed by atoms with Crippen LogP contribution in [-0.4, -0.2) is 33.4 Å². The molecule has 0 aliphatic carbocycles. The van der Waals surface area contributed by atoms with Gasteiger partial charge in [-0.15, -0.1) is 0 Å². The van der Waals surface area contributed by atoms with Crippen molar-refractivity contribution in [1.82, 2.24) is 14.5 Å². The van der Waals surface area contributed by atoms with Crippen LogP contribution in [0.4, 0.5) is 17.6 Å². The van der Waals surface area contributed by atoms with Crippen molar-refractivity contribution in [1.29, 1.82) is 0 Å². The van der Waals surface area contributed by atoms with Crippen molar-refractivity contribution < 1.29 is 17.6 Å². The van der Waals surface area contributed by atoms with Gasteiger partial charge in [-0.2, -0.15) is 16.4 Å². The predicted molar refractivity (Wildman–Crippen MR) is 114 cm³/mol. The van der Waals surface area contributed by atoms with Crippen LogP contribution in [-0.2, 0) is 6.18 Å². The van der Waals surface area contributed by atoms with Gasteiger partial charge in [0.1, 0.15) is 11.7 Å². The number of aromatic nitrogens is 2. The van der Waals surface area contributed by atoms with E-state index in [1.807, 2.05) is 24.3 Å². The van der Waals surface area contributed by atoms with Crippen LogP contribution in [0.15, 0.2) is 50.5 Å². The maximum absolute atomic E-state index is 14.4. The number of amidine groups is 1. The molecule has 4 rings (SSSR count). The number of para-hydroxylation sites is 2. The van der Waals surface area contributed by atoms with Crippen molar-refractivity contribution in [3.8, 4) is 0 Å². The van der Waals surface area contributed by atoms with Crippen molar-refractivity contribution >= 4 is 39.7 Å². The number of nitrogens with one attached hydrogen (secondary N) is 1. The van der Waals surface area contributed by atoms with E-state index in [0.717, 1.165) is 29.2 Å². The quantitative estimate of drug-likeness (QED) is 0.221. The average Bonchev–Trinajstić information content (AvgIpc) is 3.05. The van der Waals surface area contributed by atoms with Gasteiger partial charge in [0.15, 0.2) is 0 Å². The standard InChI is InChI=1S/C20H17F4IN4O/c21-14-5-3-4-13(20(22,23)24)17(14)18(27-25)28-10-8-12(9-11-28)29-16-7-2-1-6-15(16)26-19(29)30/h1-7,12H,8-11H2,(H,26,30)/b27-18+. The Balaban J connectivity index is 1.61. The zero-order valence-corrected chi connectivity index (χ0v) is 17.7. The van der Waals surface area contributed by atoms with Crippen LogP contribution in [0.2, 0.25) is 0 Å². The summed E-state index contributed by atoms with van der Waals surface area (Å²) in [6.45, 7) is 0.703. The Labute approximate surface area is 182 Å². The van der Waals surface area contributed by atoms with Crippen molar-refractivity contribution in [3.63, 3.8) is 0 Å². The summed E-state index contributed by atoms with van der Waals surface area (Å²) in [5.74, 6) is -0.999. The van der Waals surface area contributed by atoms with E-state index in [2.05, 4.69) is 8.19 Å². The van der Waals surface area contributed by atoms with Gasteiger partial charge >= 0.3 is 11.9 Å². The van der Waals surface area contributed by atoms with Gasteiger partial charge in [0.25, 0.3) is 0 Å². The summed E-state index contributed by atoms with van der Waals surface area (Å²) in [5, 5.41) is 0. The van der Waals surface area contributed by atoms with Gasteiger partial charge in [-0.1, -0.05) is 18.2 Å². The summed E-state index contributed by atoms with van der Waals surface area (Å²) < 4.78 is 60.4. The molecule has 0 bridgehead atoms. The summed E-state index contributed by atoms with van der Waals surface area (Å²) in [7, 11) is 0. The molecule has 0 spiro atoms. The van der Waals surface area contributed by atoms with E-state index in [-0.39, 0.29) is 17.6 Å². The highest BCUT2D eigenvalue weighted by atomic mass is 127. The van der Waals surface area contributed by atoms with Gasteiger partial charge in [0.2, 0.25) is 0 Å². The van der Waals surface area contributed by atoms with Crippen LogP contribution in [0.1, 0.15) is 30.0 Å². The van der Waals surface area contributed by atoms with E-state index in [9.17, 15) is 22.4 Å². The predicted octanol–water partition coefficient (Wildman–Crippen LogP) is 4.92. The van der Waals surface area contributed by atoms with E-state index >= 15 is 0 Å². The fourth-order valence-electron chi connectivity index (χ4n) is 4.01. The molecule has 2 heterocycles. The molecular formula is C20H17F4IN4O. The highest BCUT2D eigenvalue weighted by molar-refractivity contribution is 14.1. The first-order chi connectivity index (χ1) is 14.3. The lowest BCUT2D eigenvalue weighted by molar-refractivity contribution is -0.138. The maximum Gasteiger partial charge on any atom is 0.417 e. The number of hydrogen-bond acceptors (Lipinski definition) is 2. The Morgan fingerprint density at radius 2 is 1.80 bits per heavy atom. The zero-order valence-electron chi connectivity index (χ0n) is 15.6. The number of halogens is 5. The second-order valence-corrected chi connectivity index (χ2v) is 7.59. The average molecular weight is 532 g/mol. The second-order valence-electron chi connectivity index (χ2n) is 7.10. The molecular weight excluding hydrogens is 515 g/mol. The number of hydrogen-bond donors (Lipinski definition) is 1. The van der Waals surface area contributed by atoms with Gasteiger partial charge in [0.05, 0.1) is 45.0 Å². The van der Waals surface area contributed by atoms with Crippen molar-refractivity contribution in [2.45, 2.75) is 25.1 Å². The number of nitrogens with zero attached hydrogens (tertiary/aromatic N) is 3. The molecule has 1 aliphatic rings. The van der Waals surface area contributed by atoms with Crippen LogP contribution in [0.5, 0.6) is 0 Å². The third-order valence-electron chi connectivity index (χ3n) is 5.38. The van der Waals surface area contributed by atoms with Gasteiger partial charge in [-0.3, -0.25) is 4.57 Å². The molecule has 1 fully saturated rings. The molecule has 158 valence electrons. The van der Waals surface area contributed by atoms with Gasteiger partial charge < -0.3 is 9.88 Å². The molecule has 0 unspecified atom stereocenters. The summed E-state index contributed by atoms with van der Waals surface area (Å²) in [6.07, 6.45) is -3.65. The molecule has 5 nitrogen and oxygen atoms in total. The Morgan fingerprint density at radius 3 is 2.47 bits per heavy atom. The molecule has 0 atom stereocenters. The molecule has 3 aromatic rings. The Bertz CT molecular complexity index is 1160. The third kappa shape index (κ3) is 3.72. The smallest absolute Gasteiger partial charge is 0.356 e. The molecule has 30 heavy (non-hydrogen) atoms. The molecule has 1 N–H and O–H groups in total. The normalized spacial score (nSPS) is 16.4. The maximum atomic E-state index is 14.4. The lowest BCUT2D eigenvalue weighted by Crippen LogP contribution is -2.41.